The van der Waals surface area contributed by atoms with Gasteiger partial charge in [-0.15, -0.1) is 0 Å². The monoisotopic (exact) mass is 1010 g/mol. The molecule has 0 N–H and O–H groups in total. The average Bonchev–Trinajstić information content (AvgIpc) is 4.09. The molecular formula is C75H56N4. The zero-order valence-corrected chi connectivity index (χ0v) is 44.7. The van der Waals surface area contributed by atoms with E-state index in [2.05, 4.69) is 292 Å². The van der Waals surface area contributed by atoms with Gasteiger partial charge in [0.25, 0.3) is 0 Å². The maximum atomic E-state index is 12.4. The number of nitriles is 2. The molecular weight excluding hydrogens is 957 g/mol. The van der Waals surface area contributed by atoms with Gasteiger partial charge in [-0.25, -0.2) is 0 Å². The lowest BCUT2D eigenvalue weighted by atomic mass is 9.52. The van der Waals surface area contributed by atoms with Crippen molar-refractivity contribution in [3.05, 3.63) is 300 Å². The van der Waals surface area contributed by atoms with E-state index in [0.717, 1.165) is 78.4 Å². The molecule has 0 saturated carbocycles. The topological polar surface area (TPSA) is 54.1 Å². The Balaban J connectivity index is 1.18. The van der Waals surface area contributed by atoms with E-state index in [9.17, 15) is 10.5 Å². The van der Waals surface area contributed by atoms with Crippen LogP contribution in [0.15, 0.2) is 267 Å². The predicted octanol–water partition coefficient (Wildman–Crippen LogP) is 19.6. The van der Waals surface area contributed by atoms with Crippen molar-refractivity contribution in [2.45, 2.75) is 43.9 Å². The van der Waals surface area contributed by atoms with Gasteiger partial charge in [0.2, 0.25) is 0 Å². The molecule has 0 unspecified atom stereocenters. The molecule has 2 aliphatic carbocycles. The fraction of sp³-hybridized carbons (Fsp3) is 0.0933. The zero-order chi connectivity index (χ0) is 53.9. The summed E-state index contributed by atoms with van der Waals surface area (Å²) in [5, 5.41) is 24.7. The van der Waals surface area contributed by atoms with Crippen LogP contribution in [-0.2, 0) is 16.2 Å². The fourth-order valence-corrected chi connectivity index (χ4v) is 13.9. The molecule has 2 aliphatic rings. The molecule has 13 rings (SSSR count). The molecule has 376 valence electrons. The number of hydrogen-bond acceptors (Lipinski definition) is 4. The quantitative estimate of drug-likeness (QED) is 0.137. The lowest BCUT2D eigenvalue weighted by Gasteiger charge is -2.49. The second-order valence-corrected chi connectivity index (χ2v) is 21.8. The SMILES string of the molecule is CC1(C)c2c(N(c3ccc(-c4ccccc4)cc3)c3cccc(-c4ccccc4)c3)c(C#N)c(C#N)c(N(c3ccc(-c4ccccc4)cc3)c3cccc(-c4ccccc4)c3)c2C(C)(C)C12c1ccccc1-c1ccccc12. The second-order valence-electron chi connectivity index (χ2n) is 21.8. The lowest BCUT2D eigenvalue weighted by molar-refractivity contribution is 0.232. The predicted molar refractivity (Wildman–Crippen MR) is 326 cm³/mol. The standard InChI is InChI=1S/C75H56N4/c1-73(2)69-70(74(3,4)75(73)67-37-19-17-35-63(67)64-36-18-20-38-68(64)75)72(79(60-45-41-56(42-46-60)52-25-11-6-12-26-52)62-34-22-32-58(48-62)54-29-15-8-16-30-54)66(50-77)65(49-76)71(69)78(59-43-39-55(40-44-59)51-23-9-5-10-24-51)61-33-21-31-57(47-61)53-27-13-7-14-28-53/h5-48H,1-4H3. The number of fused-ring (bicyclic) bond motifs is 6. The lowest BCUT2D eigenvalue weighted by Crippen LogP contribution is -2.51. The summed E-state index contributed by atoms with van der Waals surface area (Å²) in [5.41, 5.74) is 18.7. The Kier molecular flexibility index (Phi) is 11.8. The number of hydrogen-bond donors (Lipinski definition) is 0. The average molecular weight is 1010 g/mol. The van der Waals surface area contributed by atoms with E-state index < -0.39 is 16.2 Å². The molecule has 0 heterocycles. The summed E-state index contributed by atoms with van der Waals surface area (Å²) >= 11 is 0. The molecule has 4 heteroatoms. The number of benzene rings is 11. The van der Waals surface area contributed by atoms with Crippen molar-refractivity contribution < 1.29 is 0 Å². The van der Waals surface area contributed by atoms with Gasteiger partial charge < -0.3 is 9.80 Å². The Bertz CT molecular complexity index is 3910. The summed E-state index contributed by atoms with van der Waals surface area (Å²) in [5.74, 6) is 0. The van der Waals surface area contributed by atoms with Gasteiger partial charge >= 0.3 is 0 Å². The molecule has 0 radical (unpaired) electrons. The maximum Gasteiger partial charge on any atom is 0.103 e. The molecule has 0 fully saturated rings. The summed E-state index contributed by atoms with van der Waals surface area (Å²) in [6.45, 7) is 9.58. The molecule has 79 heavy (non-hydrogen) atoms. The maximum absolute atomic E-state index is 12.4. The van der Waals surface area contributed by atoms with Crippen molar-refractivity contribution in [1.82, 2.24) is 0 Å². The molecule has 0 atom stereocenters. The van der Waals surface area contributed by atoms with E-state index >= 15 is 0 Å². The van der Waals surface area contributed by atoms with Crippen LogP contribution >= 0.6 is 0 Å². The molecule has 0 aromatic heterocycles. The van der Waals surface area contributed by atoms with Crippen LogP contribution < -0.4 is 9.80 Å². The summed E-state index contributed by atoms with van der Waals surface area (Å²) in [6.07, 6.45) is 0. The third-order valence-corrected chi connectivity index (χ3v) is 17.1. The Morgan fingerprint density at radius 2 is 0.582 bits per heavy atom. The number of anilines is 6. The van der Waals surface area contributed by atoms with E-state index in [1.54, 1.807) is 0 Å². The van der Waals surface area contributed by atoms with Gasteiger partial charge in [-0.3, -0.25) is 0 Å². The van der Waals surface area contributed by atoms with Gasteiger partial charge in [0.15, 0.2) is 0 Å². The van der Waals surface area contributed by atoms with Gasteiger partial charge in [0, 0.05) is 39.0 Å². The van der Waals surface area contributed by atoms with Gasteiger partial charge in [0.1, 0.15) is 12.1 Å². The summed E-state index contributed by atoms with van der Waals surface area (Å²) in [4.78, 5) is 4.56. The molecule has 0 amide bonds. The highest BCUT2D eigenvalue weighted by Gasteiger charge is 2.69. The van der Waals surface area contributed by atoms with Crippen molar-refractivity contribution in [3.63, 3.8) is 0 Å². The van der Waals surface area contributed by atoms with Crippen molar-refractivity contribution >= 4 is 34.1 Å². The first kappa shape index (κ1) is 48.6. The first-order chi connectivity index (χ1) is 38.6. The van der Waals surface area contributed by atoms with E-state index in [1.807, 2.05) is 24.3 Å². The first-order valence-corrected chi connectivity index (χ1v) is 27.1. The minimum Gasteiger partial charge on any atom is -0.309 e. The number of rotatable bonds is 10. The van der Waals surface area contributed by atoms with E-state index in [0.29, 0.717) is 22.5 Å². The van der Waals surface area contributed by atoms with Crippen LogP contribution in [0.4, 0.5) is 34.1 Å². The van der Waals surface area contributed by atoms with Crippen molar-refractivity contribution in [2.75, 3.05) is 9.80 Å². The second kappa shape index (κ2) is 19.2. The van der Waals surface area contributed by atoms with E-state index in [4.69, 9.17) is 0 Å². The Morgan fingerprint density at radius 3 is 0.924 bits per heavy atom. The molecule has 0 aliphatic heterocycles. The Labute approximate surface area is 464 Å². The van der Waals surface area contributed by atoms with Crippen LogP contribution in [0, 0.1) is 22.7 Å². The molecule has 11 aromatic carbocycles. The molecule has 0 saturated heterocycles. The van der Waals surface area contributed by atoms with Crippen molar-refractivity contribution in [2.24, 2.45) is 0 Å². The highest BCUT2D eigenvalue weighted by molar-refractivity contribution is 5.99. The zero-order valence-electron chi connectivity index (χ0n) is 44.7. The first-order valence-electron chi connectivity index (χ1n) is 27.1. The van der Waals surface area contributed by atoms with Crippen LogP contribution in [0.2, 0.25) is 0 Å². The van der Waals surface area contributed by atoms with Crippen LogP contribution in [0.5, 0.6) is 0 Å². The van der Waals surface area contributed by atoms with Gasteiger partial charge in [0.05, 0.1) is 22.5 Å². The Morgan fingerprint density at radius 1 is 0.291 bits per heavy atom. The molecule has 0 bridgehead atoms. The third-order valence-electron chi connectivity index (χ3n) is 17.1. The van der Waals surface area contributed by atoms with E-state index in [-0.39, 0.29) is 0 Å². The minimum absolute atomic E-state index is 0.305. The third kappa shape index (κ3) is 7.56. The van der Waals surface area contributed by atoms with Gasteiger partial charge in [-0.2, -0.15) is 10.5 Å². The summed E-state index contributed by atoms with van der Waals surface area (Å²) < 4.78 is 0. The highest BCUT2D eigenvalue weighted by atomic mass is 15.2. The molecule has 11 aromatic rings. The summed E-state index contributed by atoms with van der Waals surface area (Å²) in [6, 6.07) is 99.8. The molecule has 1 spiro atoms. The van der Waals surface area contributed by atoms with Crippen molar-refractivity contribution in [3.8, 4) is 67.8 Å². The molecule has 4 nitrogen and oxygen atoms in total. The van der Waals surface area contributed by atoms with Gasteiger partial charge in [-0.05, 0) is 126 Å². The highest BCUT2D eigenvalue weighted by Crippen LogP contribution is 2.74. The normalized spacial score (nSPS) is 13.8. The van der Waals surface area contributed by atoms with Crippen LogP contribution in [-0.4, -0.2) is 0 Å². The van der Waals surface area contributed by atoms with Crippen LogP contribution in [0.1, 0.15) is 61.1 Å². The Hall–Kier alpha value is -10.0. The smallest absolute Gasteiger partial charge is 0.103 e. The summed E-state index contributed by atoms with van der Waals surface area (Å²) in [7, 11) is 0. The number of nitrogens with zero attached hydrogens (tertiary/aromatic N) is 4. The van der Waals surface area contributed by atoms with Gasteiger partial charge in [-0.1, -0.05) is 246 Å². The van der Waals surface area contributed by atoms with E-state index in [1.165, 1.54) is 22.3 Å². The van der Waals surface area contributed by atoms with Crippen LogP contribution in [0.3, 0.4) is 0 Å². The fourth-order valence-electron chi connectivity index (χ4n) is 13.9. The largest absolute Gasteiger partial charge is 0.309 e. The van der Waals surface area contributed by atoms with Crippen molar-refractivity contribution in [1.29, 1.82) is 10.5 Å². The van der Waals surface area contributed by atoms with Crippen LogP contribution in [0.25, 0.3) is 55.6 Å². The minimum atomic E-state index is -0.758.